The summed E-state index contributed by atoms with van der Waals surface area (Å²) in [4.78, 5) is 25.8. The number of fused-ring (bicyclic) bond motifs is 1. The van der Waals surface area contributed by atoms with Gasteiger partial charge in [-0.2, -0.15) is 0 Å². The van der Waals surface area contributed by atoms with Crippen molar-refractivity contribution in [3.8, 4) is 5.75 Å². The second-order valence-electron chi connectivity index (χ2n) is 6.75. The van der Waals surface area contributed by atoms with Gasteiger partial charge in [0, 0.05) is 24.4 Å². The molecule has 1 unspecified atom stereocenters. The normalized spacial score (nSPS) is 27.2. The quantitative estimate of drug-likeness (QED) is 0.797. The molecule has 3 aliphatic rings. The number of rotatable bonds is 2. The number of nitrogens with one attached hydrogen (secondary N) is 2. The molecular formula is C18H23N3O3. The highest BCUT2D eigenvalue weighted by atomic mass is 16.5. The van der Waals surface area contributed by atoms with Crippen LogP contribution in [0, 0.1) is 0 Å². The lowest BCUT2D eigenvalue weighted by Crippen LogP contribution is -2.54. The van der Waals surface area contributed by atoms with Crippen molar-refractivity contribution in [2.75, 3.05) is 31.1 Å². The molecule has 6 nitrogen and oxygen atoms in total. The highest BCUT2D eigenvalue weighted by Crippen LogP contribution is 2.41. The maximum Gasteiger partial charge on any atom is 0.249 e. The molecule has 128 valence electrons. The van der Waals surface area contributed by atoms with Gasteiger partial charge < -0.3 is 15.0 Å². The molecule has 2 N–H and O–H groups in total. The van der Waals surface area contributed by atoms with Crippen LogP contribution in [0.4, 0.5) is 5.69 Å². The fraction of sp³-hybridized carbons (Fsp3) is 0.556. The van der Waals surface area contributed by atoms with E-state index >= 15 is 0 Å². The Morgan fingerprint density at radius 3 is 2.92 bits per heavy atom. The summed E-state index contributed by atoms with van der Waals surface area (Å²) >= 11 is 0. The smallest absolute Gasteiger partial charge is 0.249 e. The first-order chi connectivity index (χ1) is 11.7. The molecule has 2 saturated heterocycles. The molecule has 2 atom stereocenters. The van der Waals surface area contributed by atoms with Gasteiger partial charge in [-0.3, -0.25) is 14.9 Å². The van der Waals surface area contributed by atoms with Gasteiger partial charge in [0.2, 0.25) is 11.8 Å². The topological polar surface area (TPSA) is 70.7 Å². The molecule has 4 rings (SSSR count). The lowest BCUT2D eigenvalue weighted by molar-refractivity contribution is -0.134. The summed E-state index contributed by atoms with van der Waals surface area (Å²) in [6.07, 6.45) is 3.30. The fourth-order valence-corrected chi connectivity index (χ4v) is 4.03. The van der Waals surface area contributed by atoms with E-state index in [2.05, 4.69) is 27.7 Å². The largest absolute Gasteiger partial charge is 0.489 e. The molecule has 6 heteroatoms. The lowest BCUT2D eigenvalue weighted by Gasteiger charge is -2.39. The molecule has 2 amide bonds. The summed E-state index contributed by atoms with van der Waals surface area (Å²) in [5.74, 6) is 1.01. The number of hydrogen-bond acceptors (Lipinski definition) is 5. The molecule has 0 saturated carbocycles. The average Bonchev–Trinajstić information content (AvgIpc) is 2.62. The Balaban J connectivity index is 1.65. The summed E-state index contributed by atoms with van der Waals surface area (Å²) in [6, 6.07) is 5.93. The molecule has 0 bridgehead atoms. The van der Waals surface area contributed by atoms with Gasteiger partial charge in [0.25, 0.3) is 0 Å². The number of nitrogens with zero attached hydrogens (tertiary/aromatic N) is 1. The molecule has 2 fully saturated rings. The molecule has 0 aromatic heterocycles. The van der Waals surface area contributed by atoms with Gasteiger partial charge in [0.1, 0.15) is 18.4 Å². The minimum absolute atomic E-state index is 0.174. The van der Waals surface area contributed by atoms with Gasteiger partial charge in [-0.05, 0) is 31.9 Å². The van der Waals surface area contributed by atoms with Crippen LogP contribution in [0.2, 0.25) is 0 Å². The highest BCUT2D eigenvalue weighted by Gasteiger charge is 2.35. The van der Waals surface area contributed by atoms with Crippen LogP contribution in [0.15, 0.2) is 18.2 Å². The number of hydrogen-bond donors (Lipinski definition) is 2. The first-order valence-corrected chi connectivity index (χ1v) is 8.81. The fourth-order valence-electron chi connectivity index (χ4n) is 4.03. The first kappa shape index (κ1) is 15.4. The monoisotopic (exact) mass is 329 g/mol. The predicted octanol–water partition coefficient (Wildman–Crippen LogP) is 1.16. The van der Waals surface area contributed by atoms with E-state index in [4.69, 9.17) is 4.74 Å². The van der Waals surface area contributed by atoms with Gasteiger partial charge >= 0.3 is 0 Å². The van der Waals surface area contributed by atoms with Crippen molar-refractivity contribution in [2.45, 2.75) is 37.6 Å². The van der Waals surface area contributed by atoms with Gasteiger partial charge in [-0.15, -0.1) is 0 Å². The Labute approximate surface area is 141 Å². The van der Waals surface area contributed by atoms with Gasteiger partial charge in [0.05, 0.1) is 12.2 Å². The second kappa shape index (κ2) is 6.43. The van der Waals surface area contributed by atoms with Crippen LogP contribution in [0.3, 0.4) is 0 Å². The standard InChI is InChI=1S/C18H23N3O3/c22-16-7-6-15(18(23)20-16)21-9-10-24-17-13(4-1-5-14(17)21)12-3-2-8-19-11-12/h1,4-5,12,15,19H,2-3,6-11H2,(H,20,22,23)/t12-,15?/m0/s1. The van der Waals surface area contributed by atoms with E-state index in [1.807, 2.05) is 6.07 Å². The molecule has 3 aliphatic heterocycles. The van der Waals surface area contributed by atoms with Crippen LogP contribution < -0.4 is 20.3 Å². The maximum absolute atomic E-state index is 12.3. The van der Waals surface area contributed by atoms with Crippen molar-refractivity contribution in [3.63, 3.8) is 0 Å². The van der Waals surface area contributed by atoms with Crippen LogP contribution in [-0.4, -0.2) is 44.1 Å². The number of anilines is 1. The number of piperidine rings is 2. The second-order valence-corrected chi connectivity index (χ2v) is 6.75. The number of amides is 2. The van der Waals surface area contributed by atoms with Crippen molar-refractivity contribution in [2.24, 2.45) is 0 Å². The van der Waals surface area contributed by atoms with E-state index in [0.29, 0.717) is 31.9 Å². The first-order valence-electron chi connectivity index (χ1n) is 8.81. The Morgan fingerprint density at radius 1 is 1.21 bits per heavy atom. The SMILES string of the molecule is O=C1CCC(N2CCOc3c([C@H]4CCCNC4)cccc32)C(=O)N1. The van der Waals surface area contributed by atoms with Crippen molar-refractivity contribution in [1.29, 1.82) is 0 Å². The van der Waals surface area contributed by atoms with Crippen LogP contribution in [0.1, 0.15) is 37.2 Å². The van der Waals surface area contributed by atoms with Crippen LogP contribution in [-0.2, 0) is 9.59 Å². The minimum atomic E-state index is -0.287. The third-order valence-corrected chi connectivity index (χ3v) is 5.24. The minimum Gasteiger partial charge on any atom is -0.489 e. The summed E-state index contributed by atoms with van der Waals surface area (Å²) < 4.78 is 6.02. The number of imide groups is 1. The van der Waals surface area contributed by atoms with E-state index in [9.17, 15) is 9.59 Å². The molecule has 0 aliphatic carbocycles. The van der Waals surface area contributed by atoms with E-state index in [1.54, 1.807) is 0 Å². The third-order valence-electron chi connectivity index (χ3n) is 5.24. The van der Waals surface area contributed by atoms with Gasteiger partial charge in [0.15, 0.2) is 0 Å². The molecule has 3 heterocycles. The van der Waals surface area contributed by atoms with E-state index in [0.717, 1.165) is 30.9 Å². The maximum atomic E-state index is 12.3. The molecular weight excluding hydrogens is 306 g/mol. The van der Waals surface area contributed by atoms with Crippen molar-refractivity contribution in [1.82, 2.24) is 10.6 Å². The zero-order chi connectivity index (χ0) is 16.5. The number of benzene rings is 1. The van der Waals surface area contributed by atoms with E-state index in [-0.39, 0.29) is 17.9 Å². The Kier molecular flexibility index (Phi) is 4.14. The lowest BCUT2D eigenvalue weighted by atomic mass is 9.90. The number of ether oxygens (including phenoxy) is 1. The summed E-state index contributed by atoms with van der Waals surface area (Å²) in [6.45, 7) is 3.29. The molecule has 24 heavy (non-hydrogen) atoms. The van der Waals surface area contributed by atoms with E-state index < -0.39 is 0 Å². The van der Waals surface area contributed by atoms with Crippen LogP contribution in [0.25, 0.3) is 0 Å². The Bertz CT molecular complexity index is 655. The number of para-hydroxylation sites is 1. The summed E-state index contributed by atoms with van der Waals surface area (Å²) in [5.41, 5.74) is 2.22. The Hall–Kier alpha value is -2.08. The van der Waals surface area contributed by atoms with Crippen LogP contribution >= 0.6 is 0 Å². The van der Waals surface area contributed by atoms with Gasteiger partial charge in [-0.1, -0.05) is 12.1 Å². The summed E-state index contributed by atoms with van der Waals surface area (Å²) in [7, 11) is 0. The third kappa shape index (κ3) is 2.75. The predicted molar refractivity (Wildman–Crippen MR) is 90.3 cm³/mol. The molecule has 1 aromatic rings. The number of carbonyl (C=O) groups is 2. The van der Waals surface area contributed by atoms with Crippen molar-refractivity contribution < 1.29 is 14.3 Å². The zero-order valence-electron chi connectivity index (χ0n) is 13.7. The van der Waals surface area contributed by atoms with Crippen molar-refractivity contribution >= 4 is 17.5 Å². The molecule has 1 aromatic carbocycles. The van der Waals surface area contributed by atoms with Crippen LogP contribution in [0.5, 0.6) is 5.75 Å². The molecule has 0 radical (unpaired) electrons. The molecule has 0 spiro atoms. The zero-order valence-corrected chi connectivity index (χ0v) is 13.7. The Morgan fingerprint density at radius 2 is 2.12 bits per heavy atom. The average molecular weight is 329 g/mol. The number of carbonyl (C=O) groups excluding carboxylic acids is 2. The van der Waals surface area contributed by atoms with E-state index in [1.165, 1.54) is 12.0 Å². The summed E-state index contributed by atoms with van der Waals surface area (Å²) in [5, 5.41) is 5.92. The van der Waals surface area contributed by atoms with Gasteiger partial charge in [-0.25, -0.2) is 0 Å². The van der Waals surface area contributed by atoms with Crippen molar-refractivity contribution in [3.05, 3.63) is 23.8 Å². The highest BCUT2D eigenvalue weighted by molar-refractivity contribution is 6.01.